The summed E-state index contributed by atoms with van der Waals surface area (Å²) in [6.07, 6.45) is 1.85. The van der Waals surface area contributed by atoms with Gasteiger partial charge in [0.25, 0.3) is 0 Å². The fourth-order valence-electron chi connectivity index (χ4n) is 2.52. The average Bonchev–Trinajstić information content (AvgIpc) is 2.83. The quantitative estimate of drug-likeness (QED) is 0.790. The van der Waals surface area contributed by atoms with Crippen molar-refractivity contribution in [2.45, 2.75) is 25.4 Å². The Morgan fingerprint density at radius 3 is 2.67 bits per heavy atom. The molecule has 1 aliphatic rings. The van der Waals surface area contributed by atoms with Crippen LogP contribution < -0.4 is 5.32 Å². The molecule has 15 heavy (non-hydrogen) atoms. The lowest BCUT2D eigenvalue weighted by Gasteiger charge is -2.33. The van der Waals surface area contributed by atoms with Gasteiger partial charge in [-0.15, -0.1) is 0 Å². The van der Waals surface area contributed by atoms with Gasteiger partial charge in [0.2, 0.25) is 0 Å². The third-order valence-electron chi connectivity index (χ3n) is 3.55. The molecular weight excluding hydrogens is 186 g/mol. The molecule has 1 aromatic rings. The molecule has 1 aliphatic heterocycles. The zero-order valence-electron chi connectivity index (χ0n) is 9.24. The maximum absolute atomic E-state index is 10.8. The summed E-state index contributed by atoms with van der Waals surface area (Å²) in [7, 11) is 0. The first-order valence-electron chi connectivity index (χ1n) is 5.76. The van der Waals surface area contributed by atoms with Crippen LogP contribution in [0.5, 0.6) is 0 Å². The van der Waals surface area contributed by atoms with Crippen molar-refractivity contribution in [2.75, 3.05) is 13.1 Å². The summed E-state index contributed by atoms with van der Waals surface area (Å²) in [5, 5.41) is 14.1. The molecule has 1 aromatic carbocycles. The molecule has 2 nitrogen and oxygen atoms in total. The predicted octanol–water partition coefficient (Wildman–Crippen LogP) is 1.89. The normalized spacial score (nSPS) is 25.1. The van der Waals surface area contributed by atoms with E-state index in [9.17, 15) is 5.11 Å². The summed E-state index contributed by atoms with van der Waals surface area (Å²) in [6, 6.07) is 10.0. The minimum Gasteiger partial charge on any atom is -0.385 e. The van der Waals surface area contributed by atoms with Crippen LogP contribution in [0.2, 0.25) is 0 Å². The van der Waals surface area contributed by atoms with Crippen LogP contribution in [0.25, 0.3) is 0 Å². The van der Waals surface area contributed by atoms with Gasteiger partial charge in [0.05, 0.1) is 5.60 Å². The molecule has 0 unspecified atom stereocenters. The number of hydrogen-bond donors (Lipinski definition) is 2. The van der Waals surface area contributed by atoms with Crippen LogP contribution in [-0.4, -0.2) is 18.2 Å². The van der Waals surface area contributed by atoms with E-state index in [0.29, 0.717) is 5.92 Å². The fraction of sp³-hybridized carbons (Fsp3) is 0.538. The van der Waals surface area contributed by atoms with Crippen LogP contribution in [0.1, 0.15) is 25.3 Å². The van der Waals surface area contributed by atoms with Crippen molar-refractivity contribution in [3.63, 3.8) is 0 Å². The summed E-state index contributed by atoms with van der Waals surface area (Å²) in [5.74, 6) is 0.352. The smallest absolute Gasteiger partial charge is 0.0934 e. The van der Waals surface area contributed by atoms with Crippen LogP contribution >= 0.6 is 0 Å². The first-order valence-corrected chi connectivity index (χ1v) is 5.76. The highest BCUT2D eigenvalue weighted by atomic mass is 16.3. The highest BCUT2D eigenvalue weighted by Gasteiger charge is 2.37. The Bertz CT molecular complexity index is 306. The molecule has 0 aliphatic carbocycles. The van der Waals surface area contributed by atoms with Crippen molar-refractivity contribution in [1.82, 2.24) is 5.32 Å². The van der Waals surface area contributed by atoms with Crippen molar-refractivity contribution < 1.29 is 5.11 Å². The Hall–Kier alpha value is -0.860. The molecule has 2 rings (SSSR count). The van der Waals surface area contributed by atoms with E-state index in [-0.39, 0.29) is 0 Å². The Kier molecular flexibility index (Phi) is 3.08. The van der Waals surface area contributed by atoms with Crippen molar-refractivity contribution in [3.8, 4) is 0 Å². The van der Waals surface area contributed by atoms with E-state index in [4.69, 9.17) is 0 Å². The largest absolute Gasteiger partial charge is 0.385 e. The molecule has 0 amide bonds. The van der Waals surface area contributed by atoms with Gasteiger partial charge >= 0.3 is 0 Å². The van der Waals surface area contributed by atoms with Crippen LogP contribution in [-0.2, 0) is 5.60 Å². The summed E-state index contributed by atoms with van der Waals surface area (Å²) in [6.45, 7) is 4.02. The van der Waals surface area contributed by atoms with E-state index in [1.54, 1.807) is 0 Å². The van der Waals surface area contributed by atoms with Crippen molar-refractivity contribution in [3.05, 3.63) is 35.9 Å². The topological polar surface area (TPSA) is 32.3 Å². The minimum atomic E-state index is -0.648. The monoisotopic (exact) mass is 205 g/mol. The van der Waals surface area contributed by atoms with E-state index in [0.717, 1.165) is 31.5 Å². The number of hydrogen-bond acceptors (Lipinski definition) is 2. The molecule has 0 bridgehead atoms. The SMILES string of the molecule is CC[C@@](O)(c1ccccc1)[C@H]1CCNC1. The van der Waals surface area contributed by atoms with Crippen molar-refractivity contribution in [1.29, 1.82) is 0 Å². The summed E-state index contributed by atoms with van der Waals surface area (Å²) >= 11 is 0. The maximum atomic E-state index is 10.8. The highest BCUT2D eigenvalue weighted by Crippen LogP contribution is 2.36. The lowest BCUT2D eigenvalue weighted by Crippen LogP contribution is -2.35. The van der Waals surface area contributed by atoms with Gasteiger partial charge < -0.3 is 10.4 Å². The van der Waals surface area contributed by atoms with Gasteiger partial charge in [0, 0.05) is 12.5 Å². The third-order valence-corrected chi connectivity index (χ3v) is 3.55. The molecular formula is C13H19NO. The number of benzene rings is 1. The molecule has 2 N–H and O–H groups in total. The summed E-state index contributed by atoms with van der Waals surface area (Å²) in [4.78, 5) is 0. The zero-order chi connectivity index (χ0) is 10.7. The molecule has 0 saturated carbocycles. The molecule has 0 aromatic heterocycles. The first-order chi connectivity index (χ1) is 7.27. The Morgan fingerprint density at radius 2 is 2.13 bits per heavy atom. The third kappa shape index (κ3) is 1.92. The average molecular weight is 205 g/mol. The second kappa shape index (κ2) is 4.33. The molecule has 1 saturated heterocycles. The van der Waals surface area contributed by atoms with Gasteiger partial charge in [0.1, 0.15) is 0 Å². The van der Waals surface area contributed by atoms with E-state index in [2.05, 4.69) is 12.2 Å². The van der Waals surface area contributed by atoms with E-state index < -0.39 is 5.60 Å². The van der Waals surface area contributed by atoms with E-state index >= 15 is 0 Å². The Morgan fingerprint density at radius 1 is 1.40 bits per heavy atom. The van der Waals surface area contributed by atoms with Crippen LogP contribution in [0.4, 0.5) is 0 Å². The van der Waals surface area contributed by atoms with Gasteiger partial charge in [-0.3, -0.25) is 0 Å². The van der Waals surface area contributed by atoms with Gasteiger partial charge in [0.15, 0.2) is 0 Å². The first kappa shape index (κ1) is 10.7. The second-order valence-corrected chi connectivity index (χ2v) is 4.33. The number of nitrogens with one attached hydrogen (secondary N) is 1. The van der Waals surface area contributed by atoms with Crippen molar-refractivity contribution >= 4 is 0 Å². The minimum absolute atomic E-state index is 0.352. The lowest BCUT2D eigenvalue weighted by molar-refractivity contribution is -0.0204. The molecule has 0 radical (unpaired) electrons. The molecule has 82 valence electrons. The second-order valence-electron chi connectivity index (χ2n) is 4.33. The fourth-order valence-corrected chi connectivity index (χ4v) is 2.52. The van der Waals surface area contributed by atoms with Gasteiger partial charge in [-0.2, -0.15) is 0 Å². The van der Waals surface area contributed by atoms with Gasteiger partial charge in [-0.1, -0.05) is 37.3 Å². The molecule has 1 fully saturated rings. The highest BCUT2D eigenvalue weighted by molar-refractivity contribution is 5.23. The lowest BCUT2D eigenvalue weighted by atomic mass is 9.79. The van der Waals surface area contributed by atoms with Gasteiger partial charge in [-0.05, 0) is 24.9 Å². The van der Waals surface area contributed by atoms with Crippen LogP contribution in [0, 0.1) is 5.92 Å². The number of aliphatic hydroxyl groups is 1. The van der Waals surface area contributed by atoms with Crippen molar-refractivity contribution in [2.24, 2.45) is 5.92 Å². The molecule has 2 heteroatoms. The predicted molar refractivity (Wildman–Crippen MR) is 61.6 cm³/mol. The summed E-state index contributed by atoms with van der Waals surface area (Å²) < 4.78 is 0. The summed E-state index contributed by atoms with van der Waals surface area (Å²) in [5.41, 5.74) is 0.409. The molecule has 2 atom stereocenters. The zero-order valence-corrected chi connectivity index (χ0v) is 9.24. The van der Waals surface area contributed by atoms with E-state index in [1.807, 2.05) is 30.3 Å². The number of rotatable bonds is 3. The standard InChI is InChI=1S/C13H19NO/c1-2-13(15,12-8-9-14-10-12)11-6-4-3-5-7-11/h3-7,12,14-15H,2,8-10H2,1H3/t12-,13+/m0/s1. The maximum Gasteiger partial charge on any atom is 0.0934 e. The van der Waals surface area contributed by atoms with Crippen LogP contribution in [0.3, 0.4) is 0 Å². The van der Waals surface area contributed by atoms with Gasteiger partial charge in [-0.25, -0.2) is 0 Å². The molecule has 0 spiro atoms. The van der Waals surface area contributed by atoms with Crippen LogP contribution in [0.15, 0.2) is 30.3 Å². The Balaban J connectivity index is 2.28. The molecule has 1 heterocycles. The van der Waals surface area contributed by atoms with E-state index in [1.165, 1.54) is 0 Å². The Labute approximate surface area is 91.3 Å².